The summed E-state index contributed by atoms with van der Waals surface area (Å²) in [7, 11) is 0. The van der Waals surface area contributed by atoms with Crippen molar-refractivity contribution in [1.29, 1.82) is 0 Å². The Bertz CT molecular complexity index is 613. The molecule has 2 nitrogen and oxygen atoms in total. The number of ether oxygens (including phenoxy) is 1. The first-order valence-electron chi connectivity index (χ1n) is 6.40. The SMILES string of the molecule is Cc1ccc(OCc2ccc(F)cc2Br)c([C@H](C)N)c1. The van der Waals surface area contributed by atoms with Crippen molar-refractivity contribution in [3.05, 3.63) is 63.4 Å². The highest BCUT2D eigenvalue weighted by Gasteiger charge is 2.09. The lowest BCUT2D eigenvalue weighted by Crippen LogP contribution is -2.08. The summed E-state index contributed by atoms with van der Waals surface area (Å²) in [6, 6.07) is 10.4. The molecule has 0 radical (unpaired) electrons. The smallest absolute Gasteiger partial charge is 0.124 e. The first-order valence-corrected chi connectivity index (χ1v) is 7.19. The quantitative estimate of drug-likeness (QED) is 0.891. The zero-order chi connectivity index (χ0) is 14.7. The van der Waals surface area contributed by atoms with Crippen LogP contribution in [0.2, 0.25) is 0 Å². The van der Waals surface area contributed by atoms with Crippen molar-refractivity contribution in [2.75, 3.05) is 0 Å². The molecule has 2 aromatic rings. The van der Waals surface area contributed by atoms with Crippen LogP contribution in [-0.4, -0.2) is 0 Å². The summed E-state index contributed by atoms with van der Waals surface area (Å²) in [5.41, 5.74) is 8.98. The topological polar surface area (TPSA) is 35.2 Å². The molecule has 2 N–H and O–H groups in total. The van der Waals surface area contributed by atoms with Crippen LogP contribution in [0.5, 0.6) is 5.75 Å². The minimum atomic E-state index is -0.271. The van der Waals surface area contributed by atoms with Gasteiger partial charge in [-0.25, -0.2) is 4.39 Å². The van der Waals surface area contributed by atoms with Gasteiger partial charge in [0.1, 0.15) is 18.2 Å². The van der Waals surface area contributed by atoms with Crippen molar-refractivity contribution < 1.29 is 9.13 Å². The Morgan fingerprint density at radius 3 is 2.65 bits per heavy atom. The summed E-state index contributed by atoms with van der Waals surface area (Å²) in [4.78, 5) is 0. The molecular formula is C16H17BrFNO. The maximum atomic E-state index is 13.0. The predicted molar refractivity (Wildman–Crippen MR) is 82.2 cm³/mol. The molecule has 0 amide bonds. The fourth-order valence-electron chi connectivity index (χ4n) is 1.95. The van der Waals surface area contributed by atoms with Crippen molar-refractivity contribution in [3.8, 4) is 5.75 Å². The van der Waals surface area contributed by atoms with Gasteiger partial charge in [0, 0.05) is 21.6 Å². The van der Waals surface area contributed by atoms with Gasteiger partial charge in [-0.05, 0) is 32.0 Å². The molecule has 1 atom stereocenters. The Kier molecular flexibility index (Phi) is 4.78. The molecule has 0 aliphatic rings. The van der Waals surface area contributed by atoms with E-state index in [1.54, 1.807) is 6.07 Å². The number of halogens is 2. The van der Waals surface area contributed by atoms with Crippen LogP contribution in [0.15, 0.2) is 40.9 Å². The third-order valence-electron chi connectivity index (χ3n) is 3.05. The summed E-state index contributed by atoms with van der Waals surface area (Å²) in [5.74, 6) is 0.494. The van der Waals surface area contributed by atoms with Gasteiger partial charge in [-0.2, -0.15) is 0 Å². The Morgan fingerprint density at radius 1 is 1.25 bits per heavy atom. The fraction of sp³-hybridized carbons (Fsp3) is 0.250. The molecule has 106 valence electrons. The molecule has 0 aliphatic heterocycles. The maximum absolute atomic E-state index is 13.0. The van der Waals surface area contributed by atoms with E-state index in [9.17, 15) is 4.39 Å². The van der Waals surface area contributed by atoms with E-state index < -0.39 is 0 Å². The summed E-state index contributed by atoms with van der Waals surface area (Å²) >= 11 is 3.34. The van der Waals surface area contributed by atoms with Crippen LogP contribution >= 0.6 is 15.9 Å². The molecule has 0 aliphatic carbocycles. The summed E-state index contributed by atoms with van der Waals surface area (Å²) in [6.07, 6.45) is 0. The Labute approximate surface area is 126 Å². The second-order valence-corrected chi connectivity index (χ2v) is 5.71. The molecule has 20 heavy (non-hydrogen) atoms. The van der Waals surface area contributed by atoms with Crippen molar-refractivity contribution in [3.63, 3.8) is 0 Å². The van der Waals surface area contributed by atoms with E-state index in [1.165, 1.54) is 12.1 Å². The number of benzene rings is 2. The fourth-order valence-corrected chi connectivity index (χ4v) is 2.41. The van der Waals surface area contributed by atoms with Gasteiger partial charge in [0.25, 0.3) is 0 Å². The summed E-state index contributed by atoms with van der Waals surface area (Å²) in [5, 5.41) is 0. The lowest BCUT2D eigenvalue weighted by molar-refractivity contribution is 0.300. The third-order valence-corrected chi connectivity index (χ3v) is 3.79. The average molecular weight is 338 g/mol. The zero-order valence-electron chi connectivity index (χ0n) is 11.5. The Hall–Kier alpha value is -1.39. The summed E-state index contributed by atoms with van der Waals surface area (Å²) < 4.78 is 19.6. The third kappa shape index (κ3) is 3.58. The van der Waals surface area contributed by atoms with Crippen molar-refractivity contribution in [2.45, 2.75) is 26.5 Å². The van der Waals surface area contributed by atoms with Gasteiger partial charge in [-0.3, -0.25) is 0 Å². The largest absolute Gasteiger partial charge is 0.489 e. The standard InChI is InChI=1S/C16H17BrFNO/c1-10-3-6-16(14(7-10)11(2)19)20-9-12-4-5-13(18)8-15(12)17/h3-8,11H,9,19H2,1-2H3/t11-/m0/s1. The zero-order valence-corrected chi connectivity index (χ0v) is 13.1. The van der Waals surface area contributed by atoms with Crippen LogP contribution in [0.25, 0.3) is 0 Å². The lowest BCUT2D eigenvalue weighted by Gasteiger charge is -2.15. The second-order valence-electron chi connectivity index (χ2n) is 4.85. The van der Waals surface area contributed by atoms with E-state index in [4.69, 9.17) is 10.5 Å². The van der Waals surface area contributed by atoms with Gasteiger partial charge in [-0.1, -0.05) is 39.7 Å². The predicted octanol–water partition coefficient (Wildman–Crippen LogP) is 4.50. The van der Waals surface area contributed by atoms with Crippen LogP contribution < -0.4 is 10.5 Å². The molecule has 0 saturated carbocycles. The van der Waals surface area contributed by atoms with Crippen LogP contribution in [0, 0.1) is 12.7 Å². The van der Waals surface area contributed by atoms with Gasteiger partial charge in [-0.15, -0.1) is 0 Å². The highest BCUT2D eigenvalue weighted by Crippen LogP contribution is 2.27. The van der Waals surface area contributed by atoms with Gasteiger partial charge < -0.3 is 10.5 Å². The van der Waals surface area contributed by atoms with Gasteiger partial charge in [0.15, 0.2) is 0 Å². The number of nitrogens with two attached hydrogens (primary N) is 1. The highest BCUT2D eigenvalue weighted by atomic mass is 79.9. The minimum Gasteiger partial charge on any atom is -0.489 e. The van der Waals surface area contributed by atoms with Crippen LogP contribution in [0.3, 0.4) is 0 Å². The van der Waals surface area contributed by atoms with E-state index in [-0.39, 0.29) is 11.9 Å². The van der Waals surface area contributed by atoms with Crippen LogP contribution in [0.1, 0.15) is 29.7 Å². The average Bonchev–Trinajstić information content (AvgIpc) is 2.38. The molecule has 2 rings (SSSR count). The van der Waals surface area contributed by atoms with Crippen LogP contribution in [-0.2, 0) is 6.61 Å². The van der Waals surface area contributed by atoms with Crippen molar-refractivity contribution in [1.82, 2.24) is 0 Å². The molecule has 2 aromatic carbocycles. The first kappa shape index (κ1) is 15.0. The molecule has 0 saturated heterocycles. The number of hydrogen-bond donors (Lipinski definition) is 1. The molecule has 0 fully saturated rings. The number of hydrogen-bond acceptors (Lipinski definition) is 2. The molecule has 0 unspecified atom stereocenters. The van der Waals surface area contributed by atoms with Crippen molar-refractivity contribution >= 4 is 15.9 Å². The van der Waals surface area contributed by atoms with E-state index in [2.05, 4.69) is 15.9 Å². The lowest BCUT2D eigenvalue weighted by atomic mass is 10.1. The normalized spacial score (nSPS) is 12.2. The molecule has 4 heteroatoms. The second kappa shape index (κ2) is 6.37. The summed E-state index contributed by atoms with van der Waals surface area (Å²) in [6.45, 7) is 4.31. The van der Waals surface area contributed by atoms with E-state index in [0.717, 1.165) is 22.4 Å². The number of aryl methyl sites for hydroxylation is 1. The molecule has 0 aromatic heterocycles. The van der Waals surface area contributed by atoms with Gasteiger partial charge in [0.2, 0.25) is 0 Å². The van der Waals surface area contributed by atoms with Gasteiger partial charge >= 0.3 is 0 Å². The van der Waals surface area contributed by atoms with Gasteiger partial charge in [0.05, 0.1) is 0 Å². The van der Waals surface area contributed by atoms with Crippen LogP contribution in [0.4, 0.5) is 4.39 Å². The molecular weight excluding hydrogens is 321 g/mol. The Balaban J connectivity index is 2.18. The molecule has 0 heterocycles. The minimum absolute atomic E-state index is 0.0958. The molecule has 0 bridgehead atoms. The van der Waals surface area contributed by atoms with E-state index >= 15 is 0 Å². The Morgan fingerprint density at radius 2 is 2.00 bits per heavy atom. The van der Waals surface area contributed by atoms with E-state index in [0.29, 0.717) is 11.1 Å². The maximum Gasteiger partial charge on any atom is 0.124 e. The van der Waals surface area contributed by atoms with Crippen molar-refractivity contribution in [2.24, 2.45) is 5.73 Å². The number of rotatable bonds is 4. The monoisotopic (exact) mass is 337 g/mol. The highest BCUT2D eigenvalue weighted by molar-refractivity contribution is 9.10. The molecule has 0 spiro atoms. The first-order chi connectivity index (χ1) is 9.47. The van der Waals surface area contributed by atoms with E-state index in [1.807, 2.05) is 32.0 Å².